The molecule has 0 bridgehead atoms. The first-order valence-electron chi connectivity index (χ1n) is 7.81. The van der Waals surface area contributed by atoms with Gasteiger partial charge < -0.3 is 9.80 Å². The average molecular weight is 240 g/mol. The van der Waals surface area contributed by atoms with Crippen molar-refractivity contribution in [3.63, 3.8) is 0 Å². The molecular formula is C15H32N2. The molecule has 0 aromatic rings. The summed E-state index contributed by atoms with van der Waals surface area (Å²) in [5.41, 5.74) is 0. The summed E-state index contributed by atoms with van der Waals surface area (Å²) < 4.78 is 0. The minimum Gasteiger partial charge on any atom is -0.302 e. The molecule has 1 heterocycles. The van der Waals surface area contributed by atoms with Crippen molar-refractivity contribution < 1.29 is 0 Å². The van der Waals surface area contributed by atoms with Gasteiger partial charge in [-0.25, -0.2) is 0 Å². The van der Waals surface area contributed by atoms with E-state index in [0.717, 1.165) is 0 Å². The summed E-state index contributed by atoms with van der Waals surface area (Å²) in [6.45, 7) is 12.5. The van der Waals surface area contributed by atoms with Crippen LogP contribution in [0.5, 0.6) is 0 Å². The number of unbranched alkanes of at least 4 members (excludes halogenated alkanes) is 4. The van der Waals surface area contributed by atoms with Crippen LogP contribution < -0.4 is 0 Å². The molecule has 2 nitrogen and oxygen atoms in total. The van der Waals surface area contributed by atoms with Gasteiger partial charge >= 0.3 is 0 Å². The van der Waals surface area contributed by atoms with E-state index < -0.39 is 0 Å². The van der Waals surface area contributed by atoms with Crippen LogP contribution in [0.1, 0.15) is 58.8 Å². The van der Waals surface area contributed by atoms with Crippen LogP contribution in [0, 0.1) is 0 Å². The lowest BCUT2D eigenvalue weighted by Crippen LogP contribution is -2.31. The van der Waals surface area contributed by atoms with Gasteiger partial charge in [0.2, 0.25) is 0 Å². The van der Waals surface area contributed by atoms with Crippen molar-refractivity contribution in [3.8, 4) is 0 Å². The van der Waals surface area contributed by atoms with E-state index in [0.29, 0.717) is 0 Å². The van der Waals surface area contributed by atoms with Crippen LogP contribution in [0.2, 0.25) is 0 Å². The molecule has 0 N–H and O–H groups in total. The van der Waals surface area contributed by atoms with Gasteiger partial charge in [-0.15, -0.1) is 0 Å². The molecule has 2 heteroatoms. The lowest BCUT2D eigenvalue weighted by atomic mass is 10.1. The summed E-state index contributed by atoms with van der Waals surface area (Å²) in [7, 11) is 0. The van der Waals surface area contributed by atoms with Gasteiger partial charge in [-0.3, -0.25) is 0 Å². The highest BCUT2D eigenvalue weighted by Gasteiger charge is 2.13. The molecular weight excluding hydrogens is 208 g/mol. The molecule has 1 rings (SSSR count). The van der Waals surface area contributed by atoms with Crippen molar-refractivity contribution in [1.82, 2.24) is 9.80 Å². The van der Waals surface area contributed by atoms with E-state index in [-0.39, 0.29) is 0 Å². The van der Waals surface area contributed by atoms with Crippen LogP contribution in [0.3, 0.4) is 0 Å². The molecule has 1 fully saturated rings. The lowest BCUT2D eigenvalue weighted by molar-refractivity contribution is 0.253. The van der Waals surface area contributed by atoms with Gasteiger partial charge in [0.05, 0.1) is 0 Å². The fourth-order valence-corrected chi connectivity index (χ4v) is 2.73. The molecule has 0 saturated carbocycles. The fourth-order valence-electron chi connectivity index (χ4n) is 2.73. The van der Waals surface area contributed by atoms with Gasteiger partial charge in [0.15, 0.2) is 0 Å². The first-order chi connectivity index (χ1) is 8.36. The zero-order valence-corrected chi connectivity index (χ0v) is 12.1. The minimum absolute atomic E-state index is 1.29. The largest absolute Gasteiger partial charge is 0.302 e. The molecule has 1 aliphatic heterocycles. The van der Waals surface area contributed by atoms with Crippen molar-refractivity contribution in [3.05, 3.63) is 0 Å². The summed E-state index contributed by atoms with van der Waals surface area (Å²) in [5, 5.41) is 0. The first-order valence-corrected chi connectivity index (χ1v) is 7.81. The molecule has 0 aromatic carbocycles. The number of hydrogen-bond acceptors (Lipinski definition) is 2. The topological polar surface area (TPSA) is 6.48 Å². The quantitative estimate of drug-likeness (QED) is 0.600. The van der Waals surface area contributed by atoms with Gasteiger partial charge in [0.25, 0.3) is 0 Å². The molecule has 0 aromatic heterocycles. The Morgan fingerprint density at radius 3 is 1.94 bits per heavy atom. The number of nitrogens with zero attached hydrogens (tertiary/aromatic N) is 2. The summed E-state index contributed by atoms with van der Waals surface area (Å²) in [4.78, 5) is 5.32. The minimum atomic E-state index is 1.29. The summed E-state index contributed by atoms with van der Waals surface area (Å²) in [5.74, 6) is 0. The Kier molecular flexibility index (Phi) is 8.72. The zero-order chi connectivity index (χ0) is 12.3. The third-order valence-corrected chi connectivity index (χ3v) is 3.80. The fraction of sp³-hybridized carbons (Fsp3) is 1.00. The van der Waals surface area contributed by atoms with Crippen LogP contribution in [0.25, 0.3) is 0 Å². The van der Waals surface area contributed by atoms with Gasteiger partial charge in [-0.05, 0) is 45.4 Å². The Hall–Kier alpha value is -0.0800. The smallest absolute Gasteiger partial charge is 0.0109 e. The van der Waals surface area contributed by atoms with E-state index in [9.17, 15) is 0 Å². The molecule has 0 amide bonds. The molecule has 102 valence electrons. The van der Waals surface area contributed by atoms with E-state index in [1.807, 2.05) is 0 Å². The van der Waals surface area contributed by atoms with Crippen molar-refractivity contribution in [1.29, 1.82) is 0 Å². The maximum atomic E-state index is 2.68. The van der Waals surface area contributed by atoms with Crippen LogP contribution in [-0.2, 0) is 0 Å². The monoisotopic (exact) mass is 240 g/mol. The molecule has 0 radical (unpaired) electrons. The van der Waals surface area contributed by atoms with Crippen LogP contribution >= 0.6 is 0 Å². The summed E-state index contributed by atoms with van der Waals surface area (Å²) in [6, 6.07) is 0. The summed E-state index contributed by atoms with van der Waals surface area (Å²) >= 11 is 0. The predicted octanol–water partition coefficient (Wildman–Crippen LogP) is 3.37. The first kappa shape index (κ1) is 15.0. The van der Waals surface area contributed by atoms with Gasteiger partial charge in [0, 0.05) is 13.1 Å². The Morgan fingerprint density at radius 2 is 1.29 bits per heavy atom. The van der Waals surface area contributed by atoms with Crippen LogP contribution in [0.15, 0.2) is 0 Å². The van der Waals surface area contributed by atoms with E-state index in [1.165, 1.54) is 84.2 Å². The predicted molar refractivity (Wildman–Crippen MR) is 76.5 cm³/mol. The third kappa shape index (κ3) is 7.05. The lowest BCUT2D eigenvalue weighted by Gasteiger charge is -2.21. The highest BCUT2D eigenvalue weighted by atomic mass is 15.2. The maximum Gasteiger partial charge on any atom is 0.0109 e. The Balaban J connectivity index is 2.05. The van der Waals surface area contributed by atoms with E-state index >= 15 is 0 Å². The van der Waals surface area contributed by atoms with Crippen molar-refractivity contribution in [2.45, 2.75) is 58.8 Å². The Bertz CT molecular complexity index is 170. The van der Waals surface area contributed by atoms with Crippen molar-refractivity contribution >= 4 is 0 Å². The molecule has 0 unspecified atom stereocenters. The SMILES string of the molecule is CCCCCCCN1CCCN(CCC)CC1. The van der Waals surface area contributed by atoms with Gasteiger partial charge in [0.1, 0.15) is 0 Å². The highest BCUT2D eigenvalue weighted by Crippen LogP contribution is 2.07. The van der Waals surface area contributed by atoms with Gasteiger partial charge in [-0.1, -0.05) is 39.5 Å². The third-order valence-electron chi connectivity index (χ3n) is 3.80. The molecule has 1 saturated heterocycles. The van der Waals surface area contributed by atoms with Crippen molar-refractivity contribution in [2.24, 2.45) is 0 Å². The average Bonchev–Trinajstić information content (AvgIpc) is 2.55. The molecule has 0 atom stereocenters. The molecule has 17 heavy (non-hydrogen) atoms. The second-order valence-corrected chi connectivity index (χ2v) is 5.45. The molecule has 0 aliphatic carbocycles. The Morgan fingerprint density at radius 1 is 0.647 bits per heavy atom. The second kappa shape index (κ2) is 9.90. The molecule has 0 spiro atoms. The van der Waals surface area contributed by atoms with E-state index in [2.05, 4.69) is 23.6 Å². The van der Waals surface area contributed by atoms with E-state index in [1.54, 1.807) is 0 Å². The maximum absolute atomic E-state index is 2.68. The standard InChI is InChI=1S/C15H32N2/c1-3-5-6-7-8-11-17-13-9-12-16(10-4-2)14-15-17/h3-15H2,1-2H3. The Labute approximate surface area is 108 Å². The van der Waals surface area contributed by atoms with Crippen LogP contribution in [-0.4, -0.2) is 49.1 Å². The van der Waals surface area contributed by atoms with E-state index in [4.69, 9.17) is 0 Å². The zero-order valence-electron chi connectivity index (χ0n) is 12.1. The number of hydrogen-bond donors (Lipinski definition) is 0. The highest BCUT2D eigenvalue weighted by molar-refractivity contribution is 4.69. The molecule has 1 aliphatic rings. The summed E-state index contributed by atoms with van der Waals surface area (Å²) in [6.07, 6.45) is 9.73. The van der Waals surface area contributed by atoms with Crippen LogP contribution in [0.4, 0.5) is 0 Å². The van der Waals surface area contributed by atoms with Gasteiger partial charge in [-0.2, -0.15) is 0 Å². The second-order valence-electron chi connectivity index (χ2n) is 5.45. The normalized spacial score (nSPS) is 19.4. The van der Waals surface area contributed by atoms with Crippen molar-refractivity contribution in [2.75, 3.05) is 39.3 Å². The number of rotatable bonds is 8.